The summed E-state index contributed by atoms with van der Waals surface area (Å²) in [6.45, 7) is 4.61. The fourth-order valence-electron chi connectivity index (χ4n) is 5.38. The Kier molecular flexibility index (Phi) is 3.92. The van der Waals surface area contributed by atoms with Crippen LogP contribution in [0, 0.1) is 5.92 Å². The molecular weight excluding hydrogens is 328 g/mol. The van der Waals surface area contributed by atoms with E-state index in [1.165, 1.54) is 19.4 Å². The molecule has 1 unspecified atom stereocenters. The number of hydrogen-bond donors (Lipinski definition) is 3. The highest BCUT2D eigenvalue weighted by molar-refractivity contribution is 5.87. The van der Waals surface area contributed by atoms with Crippen LogP contribution < -0.4 is 10.6 Å². The molecule has 5 rings (SSSR count). The van der Waals surface area contributed by atoms with Crippen molar-refractivity contribution in [1.29, 1.82) is 0 Å². The van der Waals surface area contributed by atoms with Crippen LogP contribution in [0.25, 0.3) is 11.0 Å². The zero-order chi connectivity index (χ0) is 17.7. The molecule has 2 saturated heterocycles. The minimum Gasteiger partial charge on any atom is -0.391 e. The van der Waals surface area contributed by atoms with E-state index < -0.39 is 0 Å². The lowest BCUT2D eigenvalue weighted by molar-refractivity contribution is -0.0119. The zero-order valence-electron chi connectivity index (χ0n) is 15.4. The van der Waals surface area contributed by atoms with E-state index in [0.29, 0.717) is 11.5 Å². The van der Waals surface area contributed by atoms with Crippen LogP contribution in [-0.2, 0) is 0 Å². The van der Waals surface area contributed by atoms with Gasteiger partial charge in [-0.3, -0.25) is 4.90 Å². The van der Waals surface area contributed by atoms with Crippen LogP contribution in [-0.4, -0.2) is 69.4 Å². The molecule has 0 aromatic carbocycles. The highest BCUT2D eigenvalue weighted by atomic mass is 16.3. The lowest BCUT2D eigenvalue weighted by Crippen LogP contribution is -2.62. The Hall–Kier alpha value is -1.70. The number of nitrogens with zero attached hydrogens (tertiary/aromatic N) is 4. The number of hydrogen-bond acceptors (Lipinski definition) is 6. The van der Waals surface area contributed by atoms with E-state index in [1.54, 1.807) is 6.33 Å². The molecule has 2 aromatic heterocycles. The summed E-state index contributed by atoms with van der Waals surface area (Å²) in [6.07, 6.45) is 7.85. The summed E-state index contributed by atoms with van der Waals surface area (Å²) in [6, 6.07) is 2.16. The van der Waals surface area contributed by atoms with Gasteiger partial charge in [0.15, 0.2) is 0 Å². The molecule has 4 atom stereocenters. The molecule has 3 N–H and O–H groups in total. The number of nitrogens with one attached hydrogen (secondary N) is 2. The predicted octanol–water partition coefficient (Wildman–Crippen LogP) is 1.22. The van der Waals surface area contributed by atoms with Crippen LogP contribution in [0.2, 0.25) is 0 Å². The van der Waals surface area contributed by atoms with E-state index in [1.807, 2.05) is 7.05 Å². The summed E-state index contributed by atoms with van der Waals surface area (Å²) in [4.78, 5) is 11.4. The van der Waals surface area contributed by atoms with Crippen LogP contribution >= 0.6 is 0 Å². The minimum absolute atomic E-state index is 0.107. The third kappa shape index (κ3) is 2.45. The first kappa shape index (κ1) is 16.5. The van der Waals surface area contributed by atoms with E-state index in [-0.39, 0.29) is 12.1 Å². The smallest absolute Gasteiger partial charge is 0.145 e. The van der Waals surface area contributed by atoms with Gasteiger partial charge < -0.3 is 20.3 Å². The van der Waals surface area contributed by atoms with Crippen molar-refractivity contribution in [2.45, 2.75) is 43.4 Å². The van der Waals surface area contributed by atoms with Crippen LogP contribution in [0.1, 0.15) is 31.7 Å². The summed E-state index contributed by atoms with van der Waals surface area (Å²) < 4.78 is 2.16. The summed E-state index contributed by atoms with van der Waals surface area (Å²) in [5, 5.41) is 18.4. The van der Waals surface area contributed by atoms with Crippen molar-refractivity contribution in [3.8, 4) is 0 Å². The molecule has 0 radical (unpaired) electrons. The number of aliphatic hydroxyl groups is 1. The lowest BCUT2D eigenvalue weighted by atomic mass is 9.82. The molecule has 3 fully saturated rings. The van der Waals surface area contributed by atoms with Gasteiger partial charge in [0.2, 0.25) is 0 Å². The number of aromatic nitrogens is 3. The first-order valence-electron chi connectivity index (χ1n) is 9.83. The maximum Gasteiger partial charge on any atom is 0.145 e. The van der Waals surface area contributed by atoms with Gasteiger partial charge in [0.05, 0.1) is 17.5 Å². The fourth-order valence-corrected chi connectivity index (χ4v) is 5.38. The molecule has 140 valence electrons. The van der Waals surface area contributed by atoms with Crippen LogP contribution in [0.15, 0.2) is 18.6 Å². The molecule has 7 heteroatoms. The SMILES string of the molecule is CNc1ncnc2c1ccn2[C@@H]1C[C@H](CN2CCC23CCNC3)C[C@H]1O. The number of likely N-dealkylation sites (tertiary alicyclic amines) is 1. The molecule has 0 amide bonds. The van der Waals surface area contributed by atoms with Crippen molar-refractivity contribution < 1.29 is 5.11 Å². The Morgan fingerprint density at radius 2 is 2.27 bits per heavy atom. The van der Waals surface area contributed by atoms with Gasteiger partial charge in [-0.1, -0.05) is 0 Å². The predicted molar refractivity (Wildman–Crippen MR) is 101 cm³/mol. The van der Waals surface area contributed by atoms with Gasteiger partial charge in [0.1, 0.15) is 17.8 Å². The zero-order valence-corrected chi connectivity index (χ0v) is 15.4. The molecular formula is C19H28N6O. The molecule has 7 nitrogen and oxygen atoms in total. The number of fused-ring (bicyclic) bond motifs is 1. The van der Waals surface area contributed by atoms with E-state index >= 15 is 0 Å². The first-order chi connectivity index (χ1) is 12.7. The Labute approximate surface area is 153 Å². The Morgan fingerprint density at radius 3 is 3.00 bits per heavy atom. The van der Waals surface area contributed by atoms with E-state index in [4.69, 9.17) is 0 Å². The largest absolute Gasteiger partial charge is 0.391 e. The number of aliphatic hydroxyl groups excluding tert-OH is 1. The highest BCUT2D eigenvalue weighted by Crippen LogP contribution is 2.42. The molecule has 3 aliphatic rings. The summed E-state index contributed by atoms with van der Waals surface area (Å²) in [5.74, 6) is 1.39. The van der Waals surface area contributed by atoms with Crippen LogP contribution in [0.3, 0.4) is 0 Å². The normalized spacial score (nSPS) is 34.6. The molecule has 1 saturated carbocycles. The molecule has 26 heavy (non-hydrogen) atoms. The second-order valence-electron chi connectivity index (χ2n) is 8.25. The molecule has 4 heterocycles. The lowest BCUT2D eigenvalue weighted by Gasteiger charge is -2.51. The second kappa shape index (κ2) is 6.18. The Balaban J connectivity index is 1.34. The van der Waals surface area contributed by atoms with E-state index in [2.05, 4.69) is 42.3 Å². The van der Waals surface area contributed by atoms with Crippen molar-refractivity contribution >= 4 is 16.9 Å². The van der Waals surface area contributed by atoms with Crippen molar-refractivity contribution in [3.63, 3.8) is 0 Å². The maximum atomic E-state index is 10.8. The van der Waals surface area contributed by atoms with Gasteiger partial charge in [0, 0.05) is 38.4 Å². The van der Waals surface area contributed by atoms with Crippen molar-refractivity contribution in [2.24, 2.45) is 5.92 Å². The first-order valence-corrected chi connectivity index (χ1v) is 9.83. The molecule has 0 bridgehead atoms. The Bertz CT molecular complexity index is 798. The minimum atomic E-state index is -0.303. The van der Waals surface area contributed by atoms with Gasteiger partial charge >= 0.3 is 0 Å². The summed E-state index contributed by atoms with van der Waals surface area (Å²) >= 11 is 0. The van der Waals surface area contributed by atoms with Crippen molar-refractivity contribution in [1.82, 2.24) is 24.8 Å². The second-order valence-corrected chi connectivity index (χ2v) is 8.25. The standard InChI is InChI=1S/C19H28N6O/c1-20-17-14-2-6-25(18(14)23-12-22-17)15-8-13(9-16(15)26)10-24-7-4-19(24)3-5-21-11-19/h2,6,12-13,15-16,21,26H,3-5,7-11H2,1H3,(H,20,22,23)/t13-,15+,16+,19?/m0/s1. The topological polar surface area (TPSA) is 78.2 Å². The molecule has 2 aromatic rings. The molecule has 1 aliphatic carbocycles. The molecule has 1 spiro atoms. The van der Waals surface area contributed by atoms with Gasteiger partial charge in [-0.05, 0) is 44.2 Å². The van der Waals surface area contributed by atoms with E-state index in [0.717, 1.165) is 49.3 Å². The average molecular weight is 356 g/mol. The quantitative estimate of drug-likeness (QED) is 0.765. The van der Waals surface area contributed by atoms with Crippen molar-refractivity contribution in [2.75, 3.05) is 38.5 Å². The highest BCUT2D eigenvalue weighted by Gasteiger charge is 2.48. The Morgan fingerprint density at radius 1 is 1.35 bits per heavy atom. The fraction of sp³-hybridized carbons (Fsp3) is 0.684. The third-order valence-corrected chi connectivity index (χ3v) is 6.91. The van der Waals surface area contributed by atoms with Crippen LogP contribution in [0.4, 0.5) is 5.82 Å². The number of rotatable bonds is 4. The van der Waals surface area contributed by atoms with Crippen molar-refractivity contribution in [3.05, 3.63) is 18.6 Å². The van der Waals surface area contributed by atoms with Gasteiger partial charge in [-0.25, -0.2) is 9.97 Å². The third-order valence-electron chi connectivity index (χ3n) is 6.91. The van der Waals surface area contributed by atoms with E-state index in [9.17, 15) is 5.11 Å². The summed E-state index contributed by atoms with van der Waals surface area (Å²) in [7, 11) is 1.88. The average Bonchev–Trinajstić information content (AvgIpc) is 3.37. The number of anilines is 1. The monoisotopic (exact) mass is 356 g/mol. The summed E-state index contributed by atoms with van der Waals surface area (Å²) in [5.41, 5.74) is 1.33. The maximum absolute atomic E-state index is 10.8. The molecule has 2 aliphatic heterocycles. The van der Waals surface area contributed by atoms with Crippen LogP contribution in [0.5, 0.6) is 0 Å². The van der Waals surface area contributed by atoms with Gasteiger partial charge in [0.25, 0.3) is 0 Å². The van der Waals surface area contributed by atoms with Gasteiger partial charge in [-0.15, -0.1) is 0 Å². The van der Waals surface area contributed by atoms with Gasteiger partial charge in [-0.2, -0.15) is 0 Å².